The molecule has 29 heavy (non-hydrogen) atoms. The molecule has 1 aliphatic rings. The average molecular weight is 426 g/mol. The Morgan fingerprint density at radius 3 is 2.79 bits per heavy atom. The molecule has 1 aliphatic heterocycles. The lowest BCUT2D eigenvalue weighted by Gasteiger charge is -2.22. The number of para-hydroxylation sites is 2. The molecule has 9 heteroatoms. The molecule has 1 aromatic rings. The molecular formula is C20H35N5O3S. The van der Waals surface area contributed by atoms with Crippen LogP contribution in [0.4, 0.5) is 5.69 Å². The van der Waals surface area contributed by atoms with Gasteiger partial charge in [-0.05, 0) is 38.8 Å². The van der Waals surface area contributed by atoms with Crippen LogP contribution >= 0.6 is 0 Å². The van der Waals surface area contributed by atoms with Crippen LogP contribution in [0.1, 0.15) is 26.7 Å². The van der Waals surface area contributed by atoms with E-state index in [1.54, 1.807) is 21.1 Å². The van der Waals surface area contributed by atoms with Crippen LogP contribution in [0.25, 0.3) is 0 Å². The fourth-order valence-corrected chi connectivity index (χ4v) is 4.19. The second kappa shape index (κ2) is 11.3. The summed E-state index contributed by atoms with van der Waals surface area (Å²) in [7, 11) is 0.192. The lowest BCUT2D eigenvalue weighted by Crippen LogP contribution is -2.44. The van der Waals surface area contributed by atoms with Crippen molar-refractivity contribution in [2.75, 3.05) is 57.5 Å². The number of anilines is 1. The molecule has 0 amide bonds. The van der Waals surface area contributed by atoms with Crippen LogP contribution in [0.2, 0.25) is 0 Å². The number of ether oxygens (including phenoxy) is 1. The van der Waals surface area contributed by atoms with Gasteiger partial charge in [0, 0.05) is 45.8 Å². The van der Waals surface area contributed by atoms with Crippen LogP contribution in [0.3, 0.4) is 0 Å². The zero-order chi connectivity index (χ0) is 21.3. The fourth-order valence-electron chi connectivity index (χ4n) is 3.34. The van der Waals surface area contributed by atoms with Gasteiger partial charge in [-0.1, -0.05) is 12.1 Å². The number of guanidine groups is 1. The minimum absolute atomic E-state index is 0.126. The highest BCUT2D eigenvalue weighted by Crippen LogP contribution is 2.30. The van der Waals surface area contributed by atoms with Gasteiger partial charge in [0.1, 0.15) is 5.75 Å². The molecular weight excluding hydrogens is 390 g/mol. The molecule has 164 valence electrons. The van der Waals surface area contributed by atoms with Gasteiger partial charge < -0.3 is 20.3 Å². The fraction of sp³-hybridized carbons (Fsp3) is 0.650. The minimum atomic E-state index is -3.13. The summed E-state index contributed by atoms with van der Waals surface area (Å²) in [5.41, 5.74) is 1.11. The minimum Gasteiger partial charge on any atom is -0.495 e. The van der Waals surface area contributed by atoms with E-state index >= 15 is 0 Å². The first-order valence-electron chi connectivity index (χ1n) is 10.3. The first kappa shape index (κ1) is 23.3. The van der Waals surface area contributed by atoms with E-state index in [4.69, 9.17) is 4.74 Å². The van der Waals surface area contributed by atoms with E-state index in [2.05, 4.69) is 26.6 Å². The third-order valence-electron chi connectivity index (χ3n) is 5.04. The molecule has 1 unspecified atom stereocenters. The molecule has 1 atom stereocenters. The summed E-state index contributed by atoms with van der Waals surface area (Å²) in [6.45, 7) is 7.35. The number of hydrogen-bond acceptors (Lipinski definition) is 5. The zero-order valence-corrected chi connectivity index (χ0v) is 18.8. The van der Waals surface area contributed by atoms with Gasteiger partial charge in [0.25, 0.3) is 0 Å². The lowest BCUT2D eigenvalue weighted by atomic mass is 10.2. The largest absolute Gasteiger partial charge is 0.495 e. The number of sulfonamides is 1. The number of benzene rings is 1. The van der Waals surface area contributed by atoms with Crippen LogP contribution in [-0.4, -0.2) is 77.4 Å². The first-order valence-corrected chi connectivity index (χ1v) is 11.9. The molecule has 2 N–H and O–H groups in total. The quantitative estimate of drug-likeness (QED) is 0.336. The van der Waals surface area contributed by atoms with E-state index in [1.807, 2.05) is 25.1 Å². The smallest absolute Gasteiger partial charge is 0.213 e. The Bertz CT molecular complexity index is 769. The van der Waals surface area contributed by atoms with Gasteiger partial charge in [-0.2, -0.15) is 0 Å². The second-order valence-corrected chi connectivity index (χ2v) is 9.45. The maximum atomic E-state index is 11.8. The number of methoxy groups -OCH3 is 1. The van der Waals surface area contributed by atoms with Crippen LogP contribution in [0.15, 0.2) is 29.3 Å². The maximum Gasteiger partial charge on any atom is 0.213 e. The number of hydrogen-bond donors (Lipinski definition) is 2. The lowest BCUT2D eigenvalue weighted by molar-refractivity contribution is 0.415. The highest BCUT2D eigenvalue weighted by molar-refractivity contribution is 7.89. The van der Waals surface area contributed by atoms with Crippen LogP contribution < -0.4 is 20.3 Å². The number of nitrogens with one attached hydrogen (secondary N) is 2. The van der Waals surface area contributed by atoms with Crippen molar-refractivity contribution < 1.29 is 13.2 Å². The van der Waals surface area contributed by atoms with Crippen molar-refractivity contribution in [2.45, 2.75) is 32.7 Å². The summed E-state index contributed by atoms with van der Waals surface area (Å²) in [4.78, 5) is 6.94. The summed E-state index contributed by atoms with van der Waals surface area (Å²) in [6.07, 6.45) is 1.70. The summed E-state index contributed by atoms with van der Waals surface area (Å²) in [5, 5.41) is 6.79. The van der Waals surface area contributed by atoms with Gasteiger partial charge in [-0.3, -0.25) is 4.99 Å². The Balaban J connectivity index is 1.88. The van der Waals surface area contributed by atoms with Crippen LogP contribution in [0, 0.1) is 0 Å². The normalized spacial score (nSPS) is 17.6. The first-order chi connectivity index (χ1) is 13.9. The maximum absolute atomic E-state index is 11.8. The van der Waals surface area contributed by atoms with Crippen molar-refractivity contribution in [1.29, 1.82) is 0 Å². The third kappa shape index (κ3) is 6.78. The molecule has 1 fully saturated rings. The number of nitrogens with zero attached hydrogens (tertiary/aromatic N) is 3. The summed E-state index contributed by atoms with van der Waals surface area (Å²) in [5.74, 6) is 1.79. The summed E-state index contributed by atoms with van der Waals surface area (Å²) < 4.78 is 30.5. The van der Waals surface area contributed by atoms with Crippen LogP contribution in [-0.2, 0) is 10.0 Å². The SMILES string of the molecule is CCNC(=NCCCN(C)S(=O)(=O)CC)NC1CCN(c2ccccc2OC)C1. The zero-order valence-electron chi connectivity index (χ0n) is 18.0. The van der Waals surface area contributed by atoms with Crippen molar-refractivity contribution in [3.05, 3.63) is 24.3 Å². The van der Waals surface area contributed by atoms with Gasteiger partial charge in [0.05, 0.1) is 18.6 Å². The molecule has 2 rings (SSSR count). The molecule has 0 radical (unpaired) electrons. The summed E-state index contributed by atoms with van der Waals surface area (Å²) >= 11 is 0. The van der Waals surface area contributed by atoms with E-state index in [1.165, 1.54) is 4.31 Å². The van der Waals surface area contributed by atoms with E-state index in [-0.39, 0.29) is 5.75 Å². The summed E-state index contributed by atoms with van der Waals surface area (Å²) in [6, 6.07) is 8.37. The van der Waals surface area contributed by atoms with Crippen molar-refractivity contribution >= 4 is 21.7 Å². The molecule has 0 bridgehead atoms. The van der Waals surface area contributed by atoms with Crippen molar-refractivity contribution in [3.63, 3.8) is 0 Å². The Morgan fingerprint density at radius 1 is 1.34 bits per heavy atom. The predicted molar refractivity (Wildman–Crippen MR) is 119 cm³/mol. The highest BCUT2D eigenvalue weighted by atomic mass is 32.2. The molecule has 1 saturated heterocycles. The van der Waals surface area contributed by atoms with E-state index < -0.39 is 10.0 Å². The Hall–Kier alpha value is -2.00. The van der Waals surface area contributed by atoms with Gasteiger partial charge in [0.2, 0.25) is 10.0 Å². The van der Waals surface area contributed by atoms with Crippen molar-refractivity contribution in [2.24, 2.45) is 4.99 Å². The molecule has 0 spiro atoms. The highest BCUT2D eigenvalue weighted by Gasteiger charge is 2.25. The van der Waals surface area contributed by atoms with Crippen molar-refractivity contribution in [3.8, 4) is 5.75 Å². The average Bonchev–Trinajstić information content (AvgIpc) is 3.19. The molecule has 0 aliphatic carbocycles. The van der Waals surface area contributed by atoms with Gasteiger partial charge in [0.15, 0.2) is 5.96 Å². The van der Waals surface area contributed by atoms with Crippen LogP contribution in [0.5, 0.6) is 5.75 Å². The number of rotatable bonds is 10. The molecule has 0 aromatic heterocycles. The molecule has 8 nitrogen and oxygen atoms in total. The molecule has 0 saturated carbocycles. The third-order valence-corrected chi connectivity index (χ3v) is 6.90. The monoisotopic (exact) mass is 425 g/mol. The number of aliphatic imine (C=N–C) groups is 1. The van der Waals surface area contributed by atoms with E-state index in [9.17, 15) is 8.42 Å². The van der Waals surface area contributed by atoms with E-state index in [0.717, 1.165) is 43.5 Å². The standard InChI is InChI=1S/C20H35N5O3S/c1-5-21-20(22-13-9-14-24(3)29(26,27)6-2)23-17-12-15-25(16-17)18-10-7-8-11-19(18)28-4/h7-8,10-11,17H,5-6,9,12-16H2,1-4H3,(H2,21,22,23). The molecule has 1 heterocycles. The Kier molecular flexibility index (Phi) is 9.03. The van der Waals surface area contributed by atoms with Crippen molar-refractivity contribution in [1.82, 2.24) is 14.9 Å². The Morgan fingerprint density at radius 2 is 2.10 bits per heavy atom. The van der Waals surface area contributed by atoms with Gasteiger partial charge in [-0.25, -0.2) is 12.7 Å². The van der Waals surface area contributed by atoms with Gasteiger partial charge in [-0.15, -0.1) is 0 Å². The van der Waals surface area contributed by atoms with E-state index in [0.29, 0.717) is 25.6 Å². The van der Waals surface area contributed by atoms with Gasteiger partial charge >= 0.3 is 0 Å². The topological polar surface area (TPSA) is 86.3 Å². The Labute approximate surface area is 175 Å². The predicted octanol–water partition coefficient (Wildman–Crippen LogP) is 1.50. The molecule has 1 aromatic carbocycles. The second-order valence-electron chi connectivity index (χ2n) is 7.08.